The second kappa shape index (κ2) is 10.1. The van der Waals surface area contributed by atoms with E-state index < -0.39 is 0 Å². The molecule has 0 unspecified atom stereocenters. The van der Waals surface area contributed by atoms with Crippen LogP contribution in [0.15, 0.2) is 6.07 Å². The van der Waals surface area contributed by atoms with Gasteiger partial charge in [-0.3, -0.25) is 0 Å². The summed E-state index contributed by atoms with van der Waals surface area (Å²) >= 11 is 5.65. The van der Waals surface area contributed by atoms with Gasteiger partial charge in [0.2, 0.25) is 5.95 Å². The average molecular weight is 431 g/mol. The highest BCUT2D eigenvalue weighted by Gasteiger charge is 2.25. The summed E-state index contributed by atoms with van der Waals surface area (Å²) in [6, 6.07) is 2.65. The summed E-state index contributed by atoms with van der Waals surface area (Å²) in [5.41, 5.74) is 0. The first-order chi connectivity index (χ1) is 14.6. The zero-order valence-corrected chi connectivity index (χ0v) is 19.5. The van der Waals surface area contributed by atoms with Crippen molar-refractivity contribution in [3.63, 3.8) is 0 Å². The molecule has 2 atom stereocenters. The van der Waals surface area contributed by atoms with Gasteiger partial charge in [0.25, 0.3) is 0 Å². The largest absolute Gasteiger partial charge is 0.360 e. The van der Waals surface area contributed by atoms with Crippen LogP contribution in [0.25, 0.3) is 0 Å². The normalized spacial score (nSPS) is 25.8. The molecule has 2 saturated heterocycles. The highest BCUT2D eigenvalue weighted by Crippen LogP contribution is 2.29. The number of nitrogens with zero attached hydrogens (tertiary/aromatic N) is 4. The van der Waals surface area contributed by atoms with E-state index >= 15 is 0 Å². The second-order valence-corrected chi connectivity index (χ2v) is 10.1. The van der Waals surface area contributed by atoms with Crippen molar-refractivity contribution >= 4 is 34.9 Å². The molecule has 1 aromatic heterocycles. The van der Waals surface area contributed by atoms with E-state index in [1.165, 1.54) is 57.8 Å². The summed E-state index contributed by atoms with van der Waals surface area (Å²) in [6.07, 6.45) is 11.4. The van der Waals surface area contributed by atoms with Crippen molar-refractivity contribution in [1.29, 1.82) is 0 Å². The molecule has 0 aromatic carbocycles. The maximum absolute atomic E-state index is 5.65. The van der Waals surface area contributed by atoms with Crippen LogP contribution < -0.4 is 20.4 Å². The number of piperidine rings is 1. The van der Waals surface area contributed by atoms with Gasteiger partial charge in [-0.05, 0) is 56.2 Å². The summed E-state index contributed by atoms with van der Waals surface area (Å²) in [6.45, 7) is 8.96. The van der Waals surface area contributed by atoms with Gasteiger partial charge in [-0.1, -0.05) is 39.5 Å². The Bertz CT molecular complexity index is 702. The molecule has 3 aliphatic rings. The Morgan fingerprint density at radius 3 is 2.13 bits per heavy atom. The standard InChI is InChI=1S/C23H38N6S/c1-17-13-18(2)16-29(15-17)21-14-20(28-11-7-8-12-28)25-22(26-21)27-23(30)24-19-9-5-3-4-6-10-19/h14,17-19H,3-13,15-16H2,1-2H3,(H2,24,25,26,27,30)/t17-,18-/m1/s1. The highest BCUT2D eigenvalue weighted by molar-refractivity contribution is 7.80. The fourth-order valence-corrected chi connectivity index (χ4v) is 5.60. The van der Waals surface area contributed by atoms with E-state index in [1.54, 1.807) is 0 Å². The van der Waals surface area contributed by atoms with Crippen molar-refractivity contribution in [2.24, 2.45) is 11.8 Å². The predicted octanol–water partition coefficient (Wildman–Crippen LogP) is 4.57. The molecule has 4 rings (SSSR count). The number of hydrogen-bond acceptors (Lipinski definition) is 5. The smallest absolute Gasteiger partial charge is 0.232 e. The van der Waals surface area contributed by atoms with Crippen molar-refractivity contribution in [3.8, 4) is 0 Å². The molecular formula is C23H38N6S. The third-order valence-electron chi connectivity index (χ3n) is 6.74. The van der Waals surface area contributed by atoms with Crippen LogP contribution in [0.1, 0.15) is 71.6 Å². The van der Waals surface area contributed by atoms with Crippen LogP contribution in [-0.4, -0.2) is 47.3 Å². The molecule has 2 aliphatic heterocycles. The van der Waals surface area contributed by atoms with Crippen molar-refractivity contribution in [3.05, 3.63) is 6.07 Å². The number of anilines is 3. The first-order valence-corrected chi connectivity index (χ1v) is 12.4. The maximum atomic E-state index is 5.65. The van der Waals surface area contributed by atoms with Gasteiger partial charge in [-0.25, -0.2) is 0 Å². The van der Waals surface area contributed by atoms with Crippen LogP contribution in [0.5, 0.6) is 0 Å². The topological polar surface area (TPSA) is 56.3 Å². The molecule has 2 N–H and O–H groups in total. The molecule has 3 heterocycles. The molecule has 0 bridgehead atoms. The first kappa shape index (κ1) is 21.6. The zero-order chi connectivity index (χ0) is 20.9. The van der Waals surface area contributed by atoms with Gasteiger partial charge in [-0.2, -0.15) is 9.97 Å². The highest BCUT2D eigenvalue weighted by atomic mass is 32.1. The Labute approximate surface area is 187 Å². The van der Waals surface area contributed by atoms with E-state index in [2.05, 4.69) is 40.3 Å². The Morgan fingerprint density at radius 1 is 0.900 bits per heavy atom. The van der Waals surface area contributed by atoms with Crippen molar-refractivity contribution < 1.29 is 0 Å². The van der Waals surface area contributed by atoms with Crippen molar-refractivity contribution in [1.82, 2.24) is 15.3 Å². The Balaban J connectivity index is 1.50. The number of nitrogens with one attached hydrogen (secondary N) is 2. The Kier molecular flexibility index (Phi) is 7.28. The van der Waals surface area contributed by atoms with Crippen LogP contribution in [0.4, 0.5) is 17.6 Å². The van der Waals surface area contributed by atoms with E-state index in [9.17, 15) is 0 Å². The third kappa shape index (κ3) is 5.74. The van der Waals surface area contributed by atoms with E-state index in [4.69, 9.17) is 22.2 Å². The quantitative estimate of drug-likeness (QED) is 0.536. The molecule has 3 fully saturated rings. The van der Waals surface area contributed by atoms with Crippen molar-refractivity contribution in [2.75, 3.05) is 41.3 Å². The van der Waals surface area contributed by atoms with Crippen LogP contribution in [0.3, 0.4) is 0 Å². The fourth-order valence-electron chi connectivity index (χ4n) is 5.34. The minimum absolute atomic E-state index is 0.470. The lowest BCUT2D eigenvalue weighted by atomic mass is 9.92. The SMILES string of the molecule is C[C@@H]1C[C@@H](C)CN(c2cc(N3CCCC3)nc(NC(=S)NC3CCCCCC3)n2)C1. The summed E-state index contributed by atoms with van der Waals surface area (Å²) in [5, 5.41) is 7.50. The van der Waals surface area contributed by atoms with Crippen LogP contribution >= 0.6 is 12.2 Å². The first-order valence-electron chi connectivity index (χ1n) is 12.0. The number of hydrogen-bond donors (Lipinski definition) is 2. The Morgan fingerprint density at radius 2 is 1.50 bits per heavy atom. The Hall–Kier alpha value is -1.63. The van der Waals surface area contributed by atoms with Gasteiger partial charge >= 0.3 is 0 Å². The summed E-state index contributed by atoms with van der Waals surface area (Å²) in [4.78, 5) is 14.6. The minimum Gasteiger partial charge on any atom is -0.360 e. The number of aromatic nitrogens is 2. The average Bonchev–Trinajstić information content (AvgIpc) is 3.13. The maximum Gasteiger partial charge on any atom is 0.232 e. The summed E-state index contributed by atoms with van der Waals surface area (Å²) in [5.74, 6) is 4.07. The van der Waals surface area contributed by atoms with Crippen molar-refractivity contribution in [2.45, 2.75) is 77.7 Å². The molecule has 0 spiro atoms. The lowest BCUT2D eigenvalue weighted by Gasteiger charge is -2.36. The van der Waals surface area contributed by atoms with Gasteiger partial charge in [0.05, 0.1) is 0 Å². The third-order valence-corrected chi connectivity index (χ3v) is 6.96. The molecule has 7 heteroatoms. The summed E-state index contributed by atoms with van der Waals surface area (Å²) < 4.78 is 0. The van der Waals surface area contributed by atoms with E-state index in [1.807, 2.05) is 0 Å². The van der Waals surface area contributed by atoms with Gasteiger partial charge in [0.1, 0.15) is 11.6 Å². The lowest BCUT2D eigenvalue weighted by Crippen LogP contribution is -2.40. The minimum atomic E-state index is 0.470. The molecule has 1 saturated carbocycles. The number of rotatable bonds is 4. The molecular weight excluding hydrogens is 392 g/mol. The van der Waals surface area contributed by atoms with Crippen LogP contribution in [-0.2, 0) is 0 Å². The lowest BCUT2D eigenvalue weighted by molar-refractivity contribution is 0.355. The molecule has 30 heavy (non-hydrogen) atoms. The van der Waals surface area contributed by atoms with Gasteiger partial charge in [-0.15, -0.1) is 0 Å². The second-order valence-electron chi connectivity index (χ2n) is 9.74. The molecule has 166 valence electrons. The number of thiocarbonyl (C=S) groups is 1. The van der Waals surface area contributed by atoms with Gasteiger partial charge in [0.15, 0.2) is 5.11 Å². The van der Waals surface area contributed by atoms with Crippen LogP contribution in [0, 0.1) is 11.8 Å². The van der Waals surface area contributed by atoms with Gasteiger partial charge < -0.3 is 20.4 Å². The molecule has 1 aromatic rings. The molecule has 1 aliphatic carbocycles. The molecule has 0 amide bonds. The molecule has 0 radical (unpaired) electrons. The zero-order valence-electron chi connectivity index (χ0n) is 18.7. The van der Waals surface area contributed by atoms with Crippen LogP contribution in [0.2, 0.25) is 0 Å². The fraction of sp³-hybridized carbons (Fsp3) is 0.783. The van der Waals surface area contributed by atoms with E-state index in [0.717, 1.165) is 37.8 Å². The molecule has 6 nitrogen and oxygen atoms in total. The van der Waals surface area contributed by atoms with E-state index in [-0.39, 0.29) is 0 Å². The predicted molar refractivity (Wildman–Crippen MR) is 129 cm³/mol. The van der Waals surface area contributed by atoms with Gasteiger partial charge in [0, 0.05) is 38.3 Å². The monoisotopic (exact) mass is 430 g/mol. The summed E-state index contributed by atoms with van der Waals surface area (Å²) in [7, 11) is 0. The van der Waals surface area contributed by atoms with E-state index in [0.29, 0.717) is 28.9 Å².